The van der Waals surface area contributed by atoms with Gasteiger partial charge in [0.2, 0.25) is 11.9 Å². The van der Waals surface area contributed by atoms with Crippen LogP contribution in [0.15, 0.2) is 9.59 Å². The van der Waals surface area contributed by atoms with Gasteiger partial charge in [0.15, 0.2) is 11.9 Å². The number of fused-ring (bicyclic) bond motifs is 1. The first-order valence-corrected chi connectivity index (χ1v) is 11.4. The molecule has 0 spiro atoms. The Kier molecular flexibility index (Phi) is 6.16. The lowest BCUT2D eigenvalue weighted by molar-refractivity contribution is -0.136. The van der Waals surface area contributed by atoms with E-state index in [2.05, 4.69) is 9.97 Å². The van der Waals surface area contributed by atoms with Gasteiger partial charge in [-0.2, -0.15) is 4.98 Å². The molecule has 1 unspecified atom stereocenters. The summed E-state index contributed by atoms with van der Waals surface area (Å²) in [6, 6.07) is 0. The maximum absolute atomic E-state index is 12.8. The molecule has 4 N–H and O–H groups in total. The van der Waals surface area contributed by atoms with Gasteiger partial charge in [0.1, 0.15) is 10.1 Å². The minimum Gasteiger partial charge on any atom is -0.390 e. The highest BCUT2D eigenvalue weighted by molar-refractivity contribution is 8.00. The number of carbonyl (C=O) groups is 1. The van der Waals surface area contributed by atoms with E-state index in [1.807, 2.05) is 6.92 Å². The summed E-state index contributed by atoms with van der Waals surface area (Å²) >= 11 is 2.06. The van der Waals surface area contributed by atoms with Crippen LogP contribution < -0.4 is 16.2 Å². The summed E-state index contributed by atoms with van der Waals surface area (Å²) in [5, 5.41) is 9.87. The van der Waals surface area contributed by atoms with Gasteiger partial charge in [-0.1, -0.05) is 18.3 Å². The summed E-state index contributed by atoms with van der Waals surface area (Å²) in [5.74, 6) is -0.190. The van der Waals surface area contributed by atoms with E-state index >= 15 is 0 Å². The van der Waals surface area contributed by atoms with Crippen LogP contribution in [-0.2, 0) is 14.3 Å². The number of nitrogen functional groups attached to an aromatic ring is 1. The fourth-order valence-electron chi connectivity index (χ4n) is 3.53. The molecule has 30 heavy (non-hydrogen) atoms. The van der Waals surface area contributed by atoms with Crippen molar-refractivity contribution in [1.29, 1.82) is 0 Å². The van der Waals surface area contributed by atoms with Crippen molar-refractivity contribution in [3.05, 3.63) is 20.0 Å². The molecule has 0 saturated carbocycles. The Morgan fingerprint density at radius 1 is 1.40 bits per heavy atom. The fraction of sp³-hybridized carbons (Fsp3) is 0.647. The third kappa shape index (κ3) is 3.99. The van der Waals surface area contributed by atoms with E-state index < -0.39 is 33.5 Å². The van der Waals surface area contributed by atoms with Gasteiger partial charge in [-0.05, 0) is 6.42 Å². The van der Waals surface area contributed by atoms with Gasteiger partial charge >= 0.3 is 4.87 Å². The molecule has 164 valence electrons. The molecule has 11 nitrogen and oxygen atoms in total. The highest BCUT2D eigenvalue weighted by Crippen LogP contribution is 2.43. The first kappa shape index (κ1) is 21.3. The average Bonchev–Trinajstić information content (AvgIpc) is 3.28. The van der Waals surface area contributed by atoms with E-state index in [1.165, 1.54) is 16.3 Å². The molecular formula is C17H23N5O6S2. The fourth-order valence-corrected chi connectivity index (χ4v) is 5.83. The molecule has 2 aliphatic rings. The zero-order chi connectivity index (χ0) is 21.4. The van der Waals surface area contributed by atoms with E-state index in [4.69, 9.17) is 15.2 Å². The van der Waals surface area contributed by atoms with Crippen molar-refractivity contribution in [1.82, 2.24) is 19.4 Å². The number of aliphatic hydroxyl groups excluding tert-OH is 1. The van der Waals surface area contributed by atoms with E-state index in [-0.39, 0.29) is 28.6 Å². The molecule has 2 aliphatic heterocycles. The Bertz CT molecular complexity index is 1050. The van der Waals surface area contributed by atoms with Gasteiger partial charge < -0.3 is 25.2 Å². The highest BCUT2D eigenvalue weighted by atomic mass is 32.2. The second-order valence-electron chi connectivity index (χ2n) is 7.08. The number of carbonyl (C=O) groups excluding carboxylic acids is 1. The van der Waals surface area contributed by atoms with Gasteiger partial charge in [0, 0.05) is 19.5 Å². The number of hydrogen-bond donors (Lipinski definition) is 3. The van der Waals surface area contributed by atoms with Crippen molar-refractivity contribution in [2.45, 2.75) is 42.8 Å². The number of amides is 1. The number of nitrogens with zero attached hydrogens (tertiary/aromatic N) is 3. The number of aliphatic hydroxyl groups is 1. The lowest BCUT2D eigenvalue weighted by Gasteiger charge is -2.28. The Labute approximate surface area is 179 Å². The Hall–Kier alpha value is -1.93. The van der Waals surface area contributed by atoms with Crippen LogP contribution in [0.1, 0.15) is 26.0 Å². The summed E-state index contributed by atoms with van der Waals surface area (Å²) < 4.78 is 12.7. The van der Waals surface area contributed by atoms with E-state index in [9.17, 15) is 19.5 Å². The quantitative estimate of drug-likeness (QED) is 0.549. The lowest BCUT2D eigenvalue weighted by Crippen LogP contribution is -2.42. The lowest BCUT2D eigenvalue weighted by atomic mass is 10.2. The molecule has 4 atom stereocenters. The van der Waals surface area contributed by atoms with Crippen LogP contribution in [0.4, 0.5) is 5.95 Å². The zero-order valence-electron chi connectivity index (χ0n) is 16.3. The number of anilines is 1. The molecule has 0 aliphatic carbocycles. The Balaban J connectivity index is 1.69. The number of aromatic amines is 1. The van der Waals surface area contributed by atoms with Gasteiger partial charge in [0.05, 0.1) is 24.6 Å². The molecule has 0 radical (unpaired) electrons. The number of aromatic nitrogens is 3. The topological polar surface area (TPSA) is 153 Å². The molecule has 2 aromatic heterocycles. The molecule has 0 bridgehead atoms. The minimum absolute atomic E-state index is 0.0751. The van der Waals surface area contributed by atoms with E-state index in [0.717, 1.165) is 11.3 Å². The first-order chi connectivity index (χ1) is 14.4. The molecular weight excluding hydrogens is 434 g/mol. The number of H-pyrrole nitrogens is 1. The van der Waals surface area contributed by atoms with Crippen LogP contribution in [0.25, 0.3) is 10.3 Å². The number of rotatable bonds is 5. The largest absolute Gasteiger partial charge is 0.390 e. The molecule has 4 rings (SSSR count). The highest BCUT2D eigenvalue weighted by Gasteiger charge is 2.43. The maximum atomic E-state index is 12.8. The summed E-state index contributed by atoms with van der Waals surface area (Å²) in [6.45, 7) is 3.82. The Morgan fingerprint density at radius 3 is 2.83 bits per heavy atom. The SMILES string of the molecule is CCC(O)[C@@H]1O[C@@H](n2c(=O)sc3c(=O)[nH]c(N)nc32)[C@H](CC(=O)N2CCOCC2)S1. The number of hydrogen-bond acceptors (Lipinski definition) is 10. The van der Waals surface area contributed by atoms with Crippen molar-refractivity contribution in [3.63, 3.8) is 0 Å². The number of nitrogens with one attached hydrogen (secondary N) is 1. The van der Waals surface area contributed by atoms with Gasteiger partial charge in [-0.3, -0.25) is 23.9 Å². The van der Waals surface area contributed by atoms with Crippen molar-refractivity contribution >= 4 is 45.3 Å². The Morgan fingerprint density at radius 2 is 2.13 bits per heavy atom. The molecule has 0 aromatic carbocycles. The van der Waals surface area contributed by atoms with Crippen LogP contribution >= 0.6 is 23.1 Å². The third-order valence-electron chi connectivity index (χ3n) is 5.12. The summed E-state index contributed by atoms with van der Waals surface area (Å²) in [6.07, 6.45) is -1.05. The van der Waals surface area contributed by atoms with Gasteiger partial charge in [0.25, 0.3) is 5.56 Å². The number of ether oxygens (including phenoxy) is 2. The standard InChI is InChI=1S/C17H23N5O6S2/c1-2-8(23)15-28-14(9(29-15)7-10(24)21-3-5-27-6-4-21)22-12-11(30-17(22)26)13(25)20-16(18)19-12/h8-9,14-15,23H,2-7H2,1H3,(H3,18,19,20,25)/t8?,9-,14+,15+/m0/s1. The first-order valence-electron chi connectivity index (χ1n) is 9.64. The maximum Gasteiger partial charge on any atom is 0.311 e. The van der Waals surface area contributed by atoms with Crippen molar-refractivity contribution in [2.24, 2.45) is 0 Å². The molecule has 1 amide bonds. The monoisotopic (exact) mass is 457 g/mol. The number of morpholine rings is 1. The van der Waals surface area contributed by atoms with Crippen molar-refractivity contribution in [2.75, 3.05) is 32.0 Å². The zero-order valence-corrected chi connectivity index (χ0v) is 17.9. The molecule has 2 fully saturated rings. The second-order valence-corrected chi connectivity index (χ2v) is 9.39. The van der Waals surface area contributed by atoms with Crippen LogP contribution in [-0.4, -0.2) is 73.5 Å². The van der Waals surface area contributed by atoms with Crippen LogP contribution in [0.3, 0.4) is 0 Å². The third-order valence-corrected chi connectivity index (χ3v) is 7.50. The predicted octanol–water partition coefficient (Wildman–Crippen LogP) is -0.295. The number of thiazole rings is 1. The summed E-state index contributed by atoms with van der Waals surface area (Å²) in [5.41, 5.74) is 4.68. The van der Waals surface area contributed by atoms with E-state index in [0.29, 0.717) is 32.7 Å². The smallest absolute Gasteiger partial charge is 0.311 e. The molecule has 13 heteroatoms. The molecule has 2 saturated heterocycles. The van der Waals surface area contributed by atoms with Crippen LogP contribution in [0.5, 0.6) is 0 Å². The van der Waals surface area contributed by atoms with Crippen LogP contribution in [0, 0.1) is 0 Å². The molecule has 2 aromatic rings. The summed E-state index contributed by atoms with van der Waals surface area (Å²) in [7, 11) is 0. The normalized spacial score (nSPS) is 25.7. The summed E-state index contributed by atoms with van der Waals surface area (Å²) in [4.78, 5) is 45.6. The van der Waals surface area contributed by atoms with Crippen molar-refractivity contribution in [3.8, 4) is 0 Å². The van der Waals surface area contributed by atoms with Gasteiger partial charge in [-0.15, -0.1) is 11.8 Å². The minimum atomic E-state index is -0.860. The predicted molar refractivity (Wildman–Crippen MR) is 113 cm³/mol. The molecule has 4 heterocycles. The second kappa shape index (κ2) is 8.67. The average molecular weight is 458 g/mol. The van der Waals surface area contributed by atoms with E-state index in [1.54, 1.807) is 4.90 Å². The number of nitrogens with two attached hydrogens (primary N) is 1. The van der Waals surface area contributed by atoms with Gasteiger partial charge in [-0.25, -0.2) is 0 Å². The number of thioether (sulfide) groups is 1. The van der Waals surface area contributed by atoms with Crippen LogP contribution in [0.2, 0.25) is 0 Å². The van der Waals surface area contributed by atoms with Crippen molar-refractivity contribution < 1.29 is 19.4 Å².